The monoisotopic (exact) mass is 500 g/mol. The molecular weight excluding hydrogens is 472 g/mol. The third-order valence-corrected chi connectivity index (χ3v) is 8.45. The molecule has 0 spiro atoms. The van der Waals surface area contributed by atoms with Crippen molar-refractivity contribution in [3.8, 4) is 0 Å². The Hall–Kier alpha value is -0.860. The largest absolute Gasteiger partial charge is 0.0793 e. The van der Waals surface area contributed by atoms with Crippen molar-refractivity contribution in [1.29, 1.82) is 0 Å². The Morgan fingerprint density at radius 3 is 2.32 bits per heavy atom. The summed E-state index contributed by atoms with van der Waals surface area (Å²) < 4.78 is 1.29. The predicted octanol–water partition coefficient (Wildman–Crippen LogP) is 9.26. The molecule has 2 aliphatic carbocycles. The molecule has 2 heteroatoms. The standard InChI is InChI=1S/C26H30Br2/c1-5-15(6-2)21-13-23(27)19-12-10-18-22(16(7-3)8-4)14-24(28)20-11-9-17(21)25(19)26(18)20/h9-11,13-16,24H,5-8,12H2,1-4H3. The van der Waals surface area contributed by atoms with Crippen molar-refractivity contribution in [2.24, 2.45) is 5.92 Å². The highest BCUT2D eigenvalue weighted by molar-refractivity contribution is 9.10. The first-order valence-electron chi connectivity index (χ1n) is 10.9. The van der Waals surface area contributed by atoms with Gasteiger partial charge < -0.3 is 0 Å². The lowest BCUT2D eigenvalue weighted by atomic mass is 9.73. The lowest BCUT2D eigenvalue weighted by molar-refractivity contribution is 0.583. The second-order valence-electron chi connectivity index (χ2n) is 8.25. The van der Waals surface area contributed by atoms with E-state index < -0.39 is 0 Å². The second-order valence-corrected chi connectivity index (χ2v) is 10.1. The molecule has 1 atom stereocenters. The Morgan fingerprint density at radius 2 is 1.68 bits per heavy atom. The fraction of sp³-hybridized carbons (Fsp3) is 0.462. The van der Waals surface area contributed by atoms with Gasteiger partial charge in [0.1, 0.15) is 0 Å². The molecule has 0 amide bonds. The third kappa shape index (κ3) is 3.06. The quantitative estimate of drug-likeness (QED) is 0.346. The second kappa shape index (κ2) is 8.11. The van der Waals surface area contributed by atoms with Crippen LogP contribution in [-0.4, -0.2) is 0 Å². The van der Waals surface area contributed by atoms with Crippen LogP contribution in [0, 0.1) is 5.92 Å². The van der Waals surface area contributed by atoms with Crippen LogP contribution in [0.3, 0.4) is 0 Å². The number of halogens is 2. The zero-order chi connectivity index (χ0) is 20.0. The molecule has 0 aliphatic heterocycles. The maximum atomic E-state index is 3.99. The molecule has 0 N–H and O–H groups in total. The van der Waals surface area contributed by atoms with Gasteiger partial charge >= 0.3 is 0 Å². The van der Waals surface area contributed by atoms with Crippen molar-refractivity contribution in [2.45, 2.75) is 70.5 Å². The zero-order valence-electron chi connectivity index (χ0n) is 17.4. The first-order valence-corrected chi connectivity index (χ1v) is 12.6. The van der Waals surface area contributed by atoms with E-state index in [1.807, 2.05) is 0 Å². The van der Waals surface area contributed by atoms with Crippen molar-refractivity contribution in [1.82, 2.24) is 0 Å². The van der Waals surface area contributed by atoms with Crippen LogP contribution < -0.4 is 0 Å². The summed E-state index contributed by atoms with van der Waals surface area (Å²) in [7, 11) is 0. The predicted molar refractivity (Wildman–Crippen MR) is 130 cm³/mol. The van der Waals surface area contributed by atoms with E-state index in [4.69, 9.17) is 0 Å². The van der Waals surface area contributed by atoms with Crippen molar-refractivity contribution < 1.29 is 0 Å². The summed E-state index contributed by atoms with van der Waals surface area (Å²) in [5.74, 6) is 1.26. The van der Waals surface area contributed by atoms with E-state index in [0.29, 0.717) is 16.7 Å². The molecule has 148 valence electrons. The molecule has 0 nitrogen and oxygen atoms in total. The van der Waals surface area contributed by atoms with Gasteiger partial charge in [-0.05, 0) is 94.2 Å². The van der Waals surface area contributed by atoms with Crippen LogP contribution in [-0.2, 0) is 6.42 Å². The molecule has 0 aromatic heterocycles. The van der Waals surface area contributed by atoms with Gasteiger partial charge in [-0.25, -0.2) is 0 Å². The Labute approximate surface area is 186 Å². The Morgan fingerprint density at radius 1 is 1.00 bits per heavy atom. The number of hydrogen-bond acceptors (Lipinski definition) is 0. The van der Waals surface area contributed by atoms with E-state index in [-0.39, 0.29) is 0 Å². The van der Waals surface area contributed by atoms with Gasteiger partial charge in [-0.3, -0.25) is 0 Å². The minimum absolute atomic E-state index is 0.307. The molecule has 0 radical (unpaired) electrons. The van der Waals surface area contributed by atoms with Gasteiger partial charge in [-0.15, -0.1) is 0 Å². The summed E-state index contributed by atoms with van der Waals surface area (Å²) in [6.45, 7) is 9.29. The van der Waals surface area contributed by atoms with Crippen molar-refractivity contribution in [3.05, 3.63) is 62.7 Å². The van der Waals surface area contributed by atoms with Gasteiger partial charge in [-0.2, -0.15) is 0 Å². The highest BCUT2D eigenvalue weighted by Gasteiger charge is 2.31. The molecule has 0 fully saturated rings. The van der Waals surface area contributed by atoms with Gasteiger partial charge in [0.25, 0.3) is 0 Å². The van der Waals surface area contributed by atoms with Gasteiger partial charge in [0.15, 0.2) is 0 Å². The van der Waals surface area contributed by atoms with E-state index in [2.05, 4.69) is 89.9 Å². The summed E-state index contributed by atoms with van der Waals surface area (Å²) in [5.41, 5.74) is 8.98. The lowest BCUT2D eigenvalue weighted by Gasteiger charge is -2.33. The van der Waals surface area contributed by atoms with Crippen molar-refractivity contribution in [3.63, 3.8) is 0 Å². The van der Waals surface area contributed by atoms with Crippen molar-refractivity contribution in [2.75, 3.05) is 0 Å². The number of hydrogen-bond donors (Lipinski definition) is 0. The average molecular weight is 502 g/mol. The summed E-state index contributed by atoms with van der Waals surface area (Å²) >= 11 is 7.93. The van der Waals surface area contributed by atoms with E-state index in [9.17, 15) is 0 Å². The summed E-state index contributed by atoms with van der Waals surface area (Å²) in [5, 5.41) is 2.98. The van der Waals surface area contributed by atoms with Crippen LogP contribution in [0.2, 0.25) is 0 Å². The number of alkyl halides is 1. The molecule has 28 heavy (non-hydrogen) atoms. The highest BCUT2D eigenvalue weighted by atomic mass is 79.9. The van der Waals surface area contributed by atoms with Crippen LogP contribution >= 0.6 is 31.9 Å². The van der Waals surface area contributed by atoms with E-state index in [1.165, 1.54) is 68.8 Å². The maximum Gasteiger partial charge on any atom is 0.0587 e. The fourth-order valence-corrected chi connectivity index (χ4v) is 6.64. The molecule has 0 saturated carbocycles. The minimum Gasteiger partial charge on any atom is -0.0793 e. The molecule has 0 heterocycles. The molecule has 4 rings (SSSR count). The molecule has 0 saturated heterocycles. The van der Waals surface area contributed by atoms with E-state index in [1.54, 1.807) is 5.57 Å². The van der Waals surface area contributed by atoms with Gasteiger partial charge in [0.05, 0.1) is 4.83 Å². The summed E-state index contributed by atoms with van der Waals surface area (Å²) in [6, 6.07) is 7.18. The first kappa shape index (κ1) is 20.4. The van der Waals surface area contributed by atoms with Crippen LogP contribution in [0.15, 0.2) is 40.4 Å². The van der Waals surface area contributed by atoms with E-state index in [0.717, 1.165) is 6.42 Å². The number of allylic oxidation sites excluding steroid dienone is 4. The molecule has 2 aromatic carbocycles. The van der Waals surface area contributed by atoms with E-state index >= 15 is 0 Å². The summed E-state index contributed by atoms with van der Waals surface area (Å²) in [4.78, 5) is 0.307. The molecule has 0 bridgehead atoms. The Balaban J connectivity index is 2.03. The summed E-state index contributed by atoms with van der Waals surface area (Å²) in [6.07, 6.45) is 10.8. The van der Waals surface area contributed by atoms with Crippen LogP contribution in [0.4, 0.5) is 0 Å². The lowest BCUT2D eigenvalue weighted by Crippen LogP contribution is -2.15. The first-order chi connectivity index (χ1) is 13.5. The SMILES string of the molecule is CCC(CC)C1=CC(Br)c2ccc3c(C(CC)CC)cc(Br)c4c3c2C1=CC4. The topological polar surface area (TPSA) is 0 Å². The van der Waals surface area contributed by atoms with Gasteiger partial charge in [0, 0.05) is 4.47 Å². The highest BCUT2D eigenvalue weighted by Crippen LogP contribution is 2.51. The van der Waals surface area contributed by atoms with Crippen LogP contribution in [0.5, 0.6) is 0 Å². The van der Waals surface area contributed by atoms with Gasteiger partial charge in [0.2, 0.25) is 0 Å². The normalized spacial score (nSPS) is 18.1. The molecule has 1 unspecified atom stereocenters. The fourth-order valence-electron chi connectivity index (χ4n) is 5.37. The zero-order valence-corrected chi connectivity index (χ0v) is 20.6. The van der Waals surface area contributed by atoms with Crippen LogP contribution in [0.1, 0.15) is 86.4 Å². The maximum absolute atomic E-state index is 3.99. The molecule has 2 aliphatic rings. The third-order valence-electron chi connectivity index (χ3n) is 6.99. The Bertz CT molecular complexity index is 972. The van der Waals surface area contributed by atoms with Crippen molar-refractivity contribution >= 4 is 48.2 Å². The number of benzene rings is 2. The number of rotatable bonds is 6. The molecule has 2 aromatic rings. The average Bonchev–Trinajstić information content (AvgIpc) is 2.71. The minimum atomic E-state index is 0.307. The van der Waals surface area contributed by atoms with Crippen LogP contribution in [0.25, 0.3) is 16.3 Å². The molecular formula is C26H30Br2. The smallest absolute Gasteiger partial charge is 0.0587 e. The Kier molecular flexibility index (Phi) is 5.91. The van der Waals surface area contributed by atoms with Gasteiger partial charge in [-0.1, -0.05) is 83.8 Å².